The van der Waals surface area contributed by atoms with E-state index in [0.717, 1.165) is 50.3 Å². The Kier molecular flexibility index (Phi) is 8.05. The number of aliphatic imine (C=N–C) groups is 1. The average Bonchev–Trinajstić information content (AvgIpc) is 2.84. The summed E-state index contributed by atoms with van der Waals surface area (Å²) in [5, 5.41) is 6.54. The number of amides is 1. The van der Waals surface area contributed by atoms with Gasteiger partial charge in [0.05, 0.1) is 5.70 Å². The number of carbonyl (C=O) groups excluding carboxylic acids is 1. The molecule has 6 nitrogen and oxygen atoms in total. The predicted octanol–water partition coefficient (Wildman–Crippen LogP) is 2.92. The minimum atomic E-state index is -0.415. The van der Waals surface area contributed by atoms with Crippen molar-refractivity contribution in [2.24, 2.45) is 4.99 Å². The van der Waals surface area contributed by atoms with E-state index in [-0.39, 0.29) is 12.1 Å². The van der Waals surface area contributed by atoms with Gasteiger partial charge in [-0.3, -0.25) is 14.7 Å². The maximum absolute atomic E-state index is 13.2. The van der Waals surface area contributed by atoms with Crippen LogP contribution in [0.1, 0.15) is 29.2 Å². The molecule has 4 rings (SSSR count). The molecule has 2 aromatic carbocycles. The number of piperazine rings is 1. The molecule has 0 aromatic heterocycles. The summed E-state index contributed by atoms with van der Waals surface area (Å²) in [6.45, 7) is 7.03. The molecular formula is C27H35N5O. The Morgan fingerprint density at radius 3 is 2.45 bits per heavy atom. The summed E-state index contributed by atoms with van der Waals surface area (Å²) in [5.41, 5.74) is 4.26. The van der Waals surface area contributed by atoms with E-state index in [4.69, 9.17) is 4.99 Å². The number of nitrogens with zero attached hydrogens (tertiary/aromatic N) is 3. The summed E-state index contributed by atoms with van der Waals surface area (Å²) in [6.07, 6.45) is 5.79. The molecule has 1 amide bonds. The van der Waals surface area contributed by atoms with Crippen LogP contribution in [0.3, 0.4) is 0 Å². The topological polar surface area (TPSA) is 60.0 Å². The van der Waals surface area contributed by atoms with E-state index in [1.807, 2.05) is 36.5 Å². The molecule has 2 atom stereocenters. The highest BCUT2D eigenvalue weighted by Crippen LogP contribution is 2.17. The van der Waals surface area contributed by atoms with E-state index in [9.17, 15) is 4.79 Å². The third-order valence-corrected chi connectivity index (χ3v) is 6.44. The number of nitrogens with one attached hydrogen (secondary N) is 2. The Balaban J connectivity index is 1.34. The van der Waals surface area contributed by atoms with Gasteiger partial charge in [0.25, 0.3) is 0 Å². The quantitative estimate of drug-likeness (QED) is 0.656. The predicted molar refractivity (Wildman–Crippen MR) is 134 cm³/mol. The second kappa shape index (κ2) is 11.4. The van der Waals surface area contributed by atoms with Gasteiger partial charge in [-0.2, -0.15) is 0 Å². The molecule has 174 valence electrons. The van der Waals surface area contributed by atoms with Gasteiger partial charge in [-0.15, -0.1) is 0 Å². The fraction of sp³-hybridized carbons (Fsp3) is 0.407. The monoisotopic (exact) mass is 445 g/mol. The van der Waals surface area contributed by atoms with Gasteiger partial charge < -0.3 is 15.5 Å². The average molecular weight is 446 g/mol. The molecule has 0 bridgehead atoms. The smallest absolute Gasteiger partial charge is 0.246 e. The van der Waals surface area contributed by atoms with Crippen LogP contribution in [0, 0.1) is 6.92 Å². The Labute approximate surface area is 197 Å². The van der Waals surface area contributed by atoms with Crippen LogP contribution in [-0.2, 0) is 11.2 Å². The molecule has 0 spiro atoms. The van der Waals surface area contributed by atoms with Crippen LogP contribution >= 0.6 is 0 Å². The lowest BCUT2D eigenvalue weighted by atomic mass is 10.0. The van der Waals surface area contributed by atoms with Crippen LogP contribution in [0.15, 0.2) is 71.4 Å². The minimum absolute atomic E-state index is 0.0548. The molecule has 1 fully saturated rings. The largest absolute Gasteiger partial charge is 0.323 e. The normalized spacial score (nSPS) is 20.3. The summed E-state index contributed by atoms with van der Waals surface area (Å²) < 4.78 is 0. The number of carbonyl (C=O) groups is 1. The molecule has 2 N–H and O–H groups in total. The Morgan fingerprint density at radius 1 is 1.06 bits per heavy atom. The van der Waals surface area contributed by atoms with E-state index in [2.05, 4.69) is 64.7 Å². The zero-order chi connectivity index (χ0) is 23.0. The van der Waals surface area contributed by atoms with Gasteiger partial charge in [-0.25, -0.2) is 0 Å². The van der Waals surface area contributed by atoms with Gasteiger partial charge >= 0.3 is 0 Å². The lowest BCUT2D eigenvalue weighted by Crippen LogP contribution is -2.49. The summed E-state index contributed by atoms with van der Waals surface area (Å²) in [4.78, 5) is 22.7. The van der Waals surface area contributed by atoms with Crippen molar-refractivity contribution in [2.75, 3.05) is 39.8 Å². The van der Waals surface area contributed by atoms with Crippen molar-refractivity contribution in [1.29, 1.82) is 0 Å². The second-order valence-corrected chi connectivity index (χ2v) is 9.02. The van der Waals surface area contributed by atoms with Crippen LogP contribution < -0.4 is 10.6 Å². The van der Waals surface area contributed by atoms with Crippen LogP contribution in [-0.4, -0.2) is 67.9 Å². The molecular weight excluding hydrogens is 410 g/mol. The Bertz CT molecular complexity index is 962. The zero-order valence-corrected chi connectivity index (χ0v) is 19.7. The third-order valence-electron chi connectivity index (χ3n) is 6.44. The van der Waals surface area contributed by atoms with Gasteiger partial charge in [0.1, 0.15) is 12.2 Å². The van der Waals surface area contributed by atoms with E-state index in [1.54, 1.807) is 0 Å². The highest BCUT2D eigenvalue weighted by Gasteiger charge is 2.24. The SMILES string of the molecule is Cc1ccc(CCNC(C(=O)NC2=CCC(N3CCN(C)CC3)N=C2)c2ccccc2)cc1. The fourth-order valence-electron chi connectivity index (χ4n) is 4.30. The number of hydrogen-bond donors (Lipinski definition) is 2. The summed E-state index contributed by atoms with van der Waals surface area (Å²) in [6, 6.07) is 18.0. The Hall–Kier alpha value is -2.80. The van der Waals surface area contributed by atoms with Crippen LogP contribution in [0.4, 0.5) is 0 Å². The van der Waals surface area contributed by atoms with Gasteiger partial charge in [-0.1, -0.05) is 66.2 Å². The fourth-order valence-corrected chi connectivity index (χ4v) is 4.30. The standard InChI is InChI=1S/C27H35N5O/c1-21-8-10-22(11-9-21)14-15-28-26(23-6-4-3-5-7-23)27(33)30-24-12-13-25(29-20-24)32-18-16-31(2)17-19-32/h3-12,20,25-26,28H,13-19H2,1-2H3,(H,30,33). The van der Waals surface area contributed by atoms with Crippen LogP contribution in [0.5, 0.6) is 0 Å². The molecule has 0 radical (unpaired) electrons. The van der Waals surface area contributed by atoms with Crippen molar-refractivity contribution in [3.63, 3.8) is 0 Å². The number of benzene rings is 2. The maximum atomic E-state index is 13.2. The lowest BCUT2D eigenvalue weighted by Gasteiger charge is -2.36. The van der Waals surface area contributed by atoms with Crippen molar-refractivity contribution >= 4 is 12.1 Å². The molecule has 0 saturated carbocycles. The molecule has 1 saturated heterocycles. The summed E-state index contributed by atoms with van der Waals surface area (Å²) >= 11 is 0. The molecule has 6 heteroatoms. The van der Waals surface area contributed by atoms with E-state index in [1.165, 1.54) is 11.1 Å². The first-order chi connectivity index (χ1) is 16.1. The van der Waals surface area contributed by atoms with Crippen molar-refractivity contribution in [2.45, 2.75) is 32.0 Å². The summed E-state index contributed by atoms with van der Waals surface area (Å²) in [5.74, 6) is -0.0548. The van der Waals surface area contributed by atoms with Crippen molar-refractivity contribution in [3.8, 4) is 0 Å². The Morgan fingerprint density at radius 2 is 1.79 bits per heavy atom. The van der Waals surface area contributed by atoms with Gasteiger partial charge in [0.2, 0.25) is 5.91 Å². The van der Waals surface area contributed by atoms with E-state index < -0.39 is 6.04 Å². The van der Waals surface area contributed by atoms with Crippen LogP contribution in [0.2, 0.25) is 0 Å². The maximum Gasteiger partial charge on any atom is 0.246 e. The molecule has 2 aromatic rings. The van der Waals surface area contributed by atoms with Gasteiger partial charge in [-0.05, 0) is 31.5 Å². The third kappa shape index (κ3) is 6.60. The molecule has 2 unspecified atom stereocenters. The molecule has 2 aliphatic heterocycles. The van der Waals surface area contributed by atoms with E-state index in [0.29, 0.717) is 6.54 Å². The minimum Gasteiger partial charge on any atom is -0.323 e. The number of hydrogen-bond acceptors (Lipinski definition) is 5. The lowest BCUT2D eigenvalue weighted by molar-refractivity contribution is -0.122. The zero-order valence-electron chi connectivity index (χ0n) is 19.7. The first-order valence-corrected chi connectivity index (χ1v) is 11.9. The van der Waals surface area contributed by atoms with Crippen LogP contribution in [0.25, 0.3) is 0 Å². The molecule has 2 aliphatic rings. The molecule has 33 heavy (non-hydrogen) atoms. The first-order valence-electron chi connectivity index (χ1n) is 11.9. The highest BCUT2D eigenvalue weighted by molar-refractivity contribution is 5.91. The second-order valence-electron chi connectivity index (χ2n) is 9.02. The molecule has 0 aliphatic carbocycles. The number of dihydropyridines is 1. The van der Waals surface area contributed by atoms with Gasteiger partial charge in [0, 0.05) is 45.4 Å². The molecule has 2 heterocycles. The summed E-state index contributed by atoms with van der Waals surface area (Å²) in [7, 11) is 2.16. The number of aryl methyl sites for hydroxylation is 1. The van der Waals surface area contributed by atoms with Crippen molar-refractivity contribution in [1.82, 2.24) is 20.4 Å². The van der Waals surface area contributed by atoms with Crippen molar-refractivity contribution < 1.29 is 4.79 Å². The number of allylic oxidation sites excluding steroid dienone is 1. The van der Waals surface area contributed by atoms with Gasteiger partial charge in [0.15, 0.2) is 0 Å². The van der Waals surface area contributed by atoms with E-state index >= 15 is 0 Å². The van der Waals surface area contributed by atoms with Crippen molar-refractivity contribution in [3.05, 3.63) is 83.1 Å². The number of rotatable bonds is 8. The first kappa shape index (κ1) is 23.4. The number of likely N-dealkylation sites (N-methyl/N-ethyl adjacent to an activating group) is 1. The highest BCUT2D eigenvalue weighted by atomic mass is 16.2.